The Hall–Kier alpha value is -0.220. The normalized spacial score (nSPS) is 12.7. The first-order valence-corrected chi connectivity index (χ1v) is 4.98. The third-order valence-corrected chi connectivity index (χ3v) is 1.99. The van der Waals surface area contributed by atoms with Crippen molar-refractivity contribution in [3.05, 3.63) is 0 Å². The van der Waals surface area contributed by atoms with Gasteiger partial charge in [0.2, 0.25) is 5.91 Å². The van der Waals surface area contributed by atoms with Gasteiger partial charge in [-0.2, -0.15) is 11.8 Å². The molecule has 0 aliphatic heterocycles. The Labute approximate surface area is 72.3 Å². The molecule has 66 valence electrons. The van der Waals surface area contributed by atoms with Gasteiger partial charge in [0.1, 0.15) is 0 Å². The molecule has 0 saturated carbocycles. The summed E-state index contributed by atoms with van der Waals surface area (Å²) in [6.45, 7) is 2.49. The van der Waals surface area contributed by atoms with Crippen molar-refractivity contribution < 1.29 is 4.79 Å². The maximum Gasteiger partial charge on any atom is 0.238 e. The van der Waals surface area contributed by atoms with Crippen molar-refractivity contribution in [2.24, 2.45) is 5.73 Å². The van der Waals surface area contributed by atoms with Crippen molar-refractivity contribution in [3.8, 4) is 0 Å². The quantitative estimate of drug-likeness (QED) is 0.663. The molecule has 3 nitrogen and oxygen atoms in total. The zero-order valence-electron chi connectivity index (χ0n) is 7.33. The van der Waals surface area contributed by atoms with Crippen LogP contribution in [0.15, 0.2) is 0 Å². The van der Waals surface area contributed by atoms with Gasteiger partial charge in [-0.1, -0.05) is 0 Å². The molecule has 0 fully saturated rings. The van der Waals surface area contributed by atoms with Crippen LogP contribution in [0.25, 0.3) is 0 Å². The summed E-state index contributed by atoms with van der Waals surface area (Å²) in [6.07, 6.45) is 2.02. The molecule has 0 saturated heterocycles. The van der Waals surface area contributed by atoms with Crippen LogP contribution in [0.2, 0.25) is 0 Å². The van der Waals surface area contributed by atoms with E-state index in [0.717, 1.165) is 12.3 Å². The Morgan fingerprint density at radius 1 is 1.73 bits per heavy atom. The highest BCUT2D eigenvalue weighted by Gasteiger charge is 2.11. The fourth-order valence-corrected chi connectivity index (χ4v) is 1.14. The number of carbonyl (C=O) groups excluding carboxylic acids is 1. The van der Waals surface area contributed by atoms with Crippen molar-refractivity contribution in [1.82, 2.24) is 4.90 Å². The molecule has 4 heteroatoms. The zero-order valence-corrected chi connectivity index (χ0v) is 8.15. The summed E-state index contributed by atoms with van der Waals surface area (Å²) >= 11 is 1.72. The van der Waals surface area contributed by atoms with Crippen LogP contribution < -0.4 is 5.73 Å². The molecule has 1 atom stereocenters. The summed E-state index contributed by atoms with van der Waals surface area (Å²) in [5.74, 6) is 0.980. The van der Waals surface area contributed by atoms with Crippen LogP contribution in [-0.2, 0) is 4.79 Å². The van der Waals surface area contributed by atoms with E-state index in [0.29, 0.717) is 0 Å². The fraction of sp³-hybridized carbons (Fsp3) is 0.857. The highest BCUT2D eigenvalue weighted by Crippen LogP contribution is 1.94. The SMILES string of the molecule is CSCCN(C)C(=O)[C@@H](C)N. The van der Waals surface area contributed by atoms with Crippen LogP contribution in [0.3, 0.4) is 0 Å². The van der Waals surface area contributed by atoms with Crippen LogP contribution in [0.1, 0.15) is 6.92 Å². The summed E-state index contributed by atoms with van der Waals surface area (Å²) in [4.78, 5) is 12.8. The highest BCUT2D eigenvalue weighted by atomic mass is 32.2. The lowest BCUT2D eigenvalue weighted by Crippen LogP contribution is -2.40. The first-order chi connectivity index (χ1) is 5.09. The van der Waals surface area contributed by atoms with E-state index in [2.05, 4.69) is 0 Å². The second-order valence-electron chi connectivity index (χ2n) is 2.54. The van der Waals surface area contributed by atoms with E-state index in [1.165, 1.54) is 0 Å². The first kappa shape index (κ1) is 10.8. The van der Waals surface area contributed by atoms with Crippen LogP contribution in [0.5, 0.6) is 0 Å². The van der Waals surface area contributed by atoms with E-state index < -0.39 is 0 Å². The van der Waals surface area contributed by atoms with Gasteiger partial charge in [0.15, 0.2) is 0 Å². The molecule has 0 rings (SSSR count). The predicted octanol–water partition coefficient (Wildman–Crippen LogP) is 0.155. The number of hydrogen-bond acceptors (Lipinski definition) is 3. The Morgan fingerprint density at radius 3 is 2.64 bits per heavy atom. The van der Waals surface area contributed by atoms with Gasteiger partial charge in [-0.3, -0.25) is 4.79 Å². The number of rotatable bonds is 4. The van der Waals surface area contributed by atoms with Crippen LogP contribution in [0, 0.1) is 0 Å². The average Bonchev–Trinajstić information content (AvgIpc) is 1.98. The van der Waals surface area contributed by atoms with Gasteiger partial charge in [0, 0.05) is 19.3 Å². The van der Waals surface area contributed by atoms with E-state index in [9.17, 15) is 4.79 Å². The van der Waals surface area contributed by atoms with Gasteiger partial charge >= 0.3 is 0 Å². The molecular formula is C7H16N2OS. The monoisotopic (exact) mass is 176 g/mol. The minimum absolute atomic E-state index is 0.0130. The molecule has 0 aromatic heterocycles. The third-order valence-electron chi connectivity index (χ3n) is 1.40. The molecule has 0 bridgehead atoms. The van der Waals surface area contributed by atoms with Crippen LogP contribution in [0.4, 0.5) is 0 Å². The van der Waals surface area contributed by atoms with Gasteiger partial charge in [-0.25, -0.2) is 0 Å². The Morgan fingerprint density at radius 2 is 2.27 bits per heavy atom. The Bertz CT molecular complexity index is 128. The smallest absolute Gasteiger partial charge is 0.238 e. The van der Waals surface area contributed by atoms with Crippen molar-refractivity contribution in [2.75, 3.05) is 25.6 Å². The largest absolute Gasteiger partial charge is 0.344 e. The summed E-state index contributed by atoms with van der Waals surface area (Å²) in [5.41, 5.74) is 5.41. The van der Waals surface area contributed by atoms with Gasteiger partial charge in [0.05, 0.1) is 6.04 Å². The molecule has 1 amide bonds. The zero-order chi connectivity index (χ0) is 8.85. The lowest BCUT2D eigenvalue weighted by Gasteiger charge is -2.18. The van der Waals surface area contributed by atoms with E-state index >= 15 is 0 Å². The average molecular weight is 176 g/mol. The Balaban J connectivity index is 3.64. The van der Waals surface area contributed by atoms with E-state index in [1.807, 2.05) is 6.26 Å². The molecule has 0 radical (unpaired) electrons. The lowest BCUT2D eigenvalue weighted by molar-refractivity contribution is -0.130. The molecule has 0 heterocycles. The summed E-state index contributed by atoms with van der Waals surface area (Å²) in [6, 6.07) is -0.373. The minimum atomic E-state index is -0.373. The van der Waals surface area contributed by atoms with Crippen molar-refractivity contribution >= 4 is 17.7 Å². The van der Waals surface area contributed by atoms with E-state index in [4.69, 9.17) is 5.73 Å². The molecule has 0 aliphatic rings. The summed E-state index contributed by atoms with van der Waals surface area (Å²) in [7, 11) is 1.78. The number of nitrogens with two attached hydrogens (primary N) is 1. The highest BCUT2D eigenvalue weighted by molar-refractivity contribution is 7.98. The van der Waals surface area contributed by atoms with Gasteiger partial charge in [-0.15, -0.1) is 0 Å². The van der Waals surface area contributed by atoms with E-state index in [-0.39, 0.29) is 11.9 Å². The topological polar surface area (TPSA) is 46.3 Å². The van der Waals surface area contributed by atoms with Crippen LogP contribution in [-0.4, -0.2) is 42.4 Å². The number of nitrogens with zero attached hydrogens (tertiary/aromatic N) is 1. The number of amides is 1. The third kappa shape index (κ3) is 4.27. The summed E-state index contributed by atoms with van der Waals surface area (Å²) < 4.78 is 0. The molecule has 0 aliphatic carbocycles. The second kappa shape index (κ2) is 5.43. The lowest BCUT2D eigenvalue weighted by atomic mass is 10.3. The first-order valence-electron chi connectivity index (χ1n) is 3.59. The summed E-state index contributed by atoms with van der Waals surface area (Å²) in [5, 5.41) is 0. The number of carbonyl (C=O) groups is 1. The van der Waals surface area contributed by atoms with Crippen molar-refractivity contribution in [1.29, 1.82) is 0 Å². The standard InChI is InChI=1S/C7H16N2OS/c1-6(8)7(10)9(2)4-5-11-3/h6H,4-5,8H2,1-3H3/t6-/m1/s1. The minimum Gasteiger partial charge on any atom is -0.344 e. The number of likely N-dealkylation sites (N-methyl/N-ethyl adjacent to an activating group) is 1. The van der Waals surface area contributed by atoms with Gasteiger partial charge in [0.25, 0.3) is 0 Å². The maximum absolute atomic E-state index is 11.1. The number of hydrogen-bond donors (Lipinski definition) is 1. The molecular weight excluding hydrogens is 160 g/mol. The molecule has 0 aromatic rings. The molecule has 0 unspecified atom stereocenters. The fourth-order valence-electron chi connectivity index (χ4n) is 0.686. The molecule has 2 N–H and O–H groups in total. The maximum atomic E-state index is 11.1. The van der Waals surface area contributed by atoms with Crippen LogP contribution >= 0.6 is 11.8 Å². The molecule has 11 heavy (non-hydrogen) atoms. The second-order valence-corrected chi connectivity index (χ2v) is 3.53. The molecule has 0 aromatic carbocycles. The van der Waals surface area contributed by atoms with E-state index in [1.54, 1.807) is 30.6 Å². The Kier molecular flexibility index (Phi) is 5.32. The predicted molar refractivity (Wildman–Crippen MR) is 49.7 cm³/mol. The molecule has 0 spiro atoms. The number of thioether (sulfide) groups is 1. The van der Waals surface area contributed by atoms with Gasteiger partial charge < -0.3 is 10.6 Å². The van der Waals surface area contributed by atoms with Crippen molar-refractivity contribution in [3.63, 3.8) is 0 Å². The van der Waals surface area contributed by atoms with Crippen molar-refractivity contribution in [2.45, 2.75) is 13.0 Å². The van der Waals surface area contributed by atoms with Gasteiger partial charge in [-0.05, 0) is 13.2 Å².